The number of halogens is 1. The third-order valence-corrected chi connectivity index (χ3v) is 3.05. The molecule has 0 aliphatic carbocycles. The normalized spacial score (nSPS) is 10.0. The fraction of sp³-hybridized carbons (Fsp3) is 0.133. The molecule has 19 heavy (non-hydrogen) atoms. The maximum Gasteiger partial charge on any atom is 0.178 e. The van der Waals surface area contributed by atoms with Gasteiger partial charge in [0.1, 0.15) is 5.82 Å². The molecule has 0 heterocycles. The van der Waals surface area contributed by atoms with Gasteiger partial charge in [-0.3, -0.25) is 0 Å². The molecule has 2 aromatic rings. The number of hydrogen-bond donors (Lipinski definition) is 1. The molecule has 98 valence electrons. The van der Waals surface area contributed by atoms with Gasteiger partial charge in [-0.25, -0.2) is 4.39 Å². The van der Waals surface area contributed by atoms with Crippen LogP contribution in [-0.4, -0.2) is 11.7 Å². The Morgan fingerprint density at radius 1 is 1.11 bits per heavy atom. The molecule has 0 unspecified atom stereocenters. The summed E-state index contributed by atoms with van der Waals surface area (Å²) < 4.78 is 13.8. The van der Waals surface area contributed by atoms with E-state index in [0.29, 0.717) is 17.3 Å². The number of thiocarbonyl (C=S) groups is 1. The molecule has 0 aliphatic heterocycles. The Balaban J connectivity index is 2.19. The lowest BCUT2D eigenvalue weighted by atomic mass is 10.3. The van der Waals surface area contributed by atoms with Crippen molar-refractivity contribution in [1.29, 1.82) is 0 Å². The monoisotopic (exact) mass is 274 g/mol. The van der Waals surface area contributed by atoms with E-state index < -0.39 is 0 Å². The summed E-state index contributed by atoms with van der Waals surface area (Å²) in [5.74, 6) is -0.276. The maximum absolute atomic E-state index is 13.8. The van der Waals surface area contributed by atoms with Crippen molar-refractivity contribution >= 4 is 28.7 Å². The zero-order chi connectivity index (χ0) is 13.7. The van der Waals surface area contributed by atoms with Crippen LogP contribution < -0.4 is 10.2 Å². The Morgan fingerprint density at radius 2 is 1.74 bits per heavy atom. The largest absolute Gasteiger partial charge is 0.332 e. The minimum atomic E-state index is -0.276. The smallest absolute Gasteiger partial charge is 0.178 e. The number of rotatable bonds is 3. The van der Waals surface area contributed by atoms with Crippen LogP contribution in [0.2, 0.25) is 0 Å². The molecule has 0 saturated heterocycles. The first kappa shape index (κ1) is 13.5. The first-order chi connectivity index (χ1) is 9.22. The van der Waals surface area contributed by atoms with Gasteiger partial charge in [-0.1, -0.05) is 30.3 Å². The summed E-state index contributed by atoms with van der Waals surface area (Å²) in [7, 11) is 0. The molecule has 0 aliphatic rings. The SMILES string of the molecule is CCN(C(=S)Nc1ccccc1)c1ccccc1F. The quantitative estimate of drug-likeness (QED) is 0.850. The summed E-state index contributed by atoms with van der Waals surface area (Å²) in [6.07, 6.45) is 0. The first-order valence-corrected chi connectivity index (χ1v) is 6.51. The zero-order valence-electron chi connectivity index (χ0n) is 10.6. The van der Waals surface area contributed by atoms with Crippen molar-refractivity contribution in [2.24, 2.45) is 0 Å². The van der Waals surface area contributed by atoms with Crippen molar-refractivity contribution in [2.45, 2.75) is 6.92 Å². The molecular formula is C15H15FN2S. The highest BCUT2D eigenvalue weighted by Crippen LogP contribution is 2.19. The summed E-state index contributed by atoms with van der Waals surface area (Å²) >= 11 is 5.35. The number of anilines is 2. The third kappa shape index (κ3) is 3.29. The van der Waals surface area contributed by atoms with Crippen molar-refractivity contribution in [3.05, 3.63) is 60.4 Å². The fourth-order valence-electron chi connectivity index (χ4n) is 1.81. The second-order valence-corrected chi connectivity index (χ2v) is 4.38. The van der Waals surface area contributed by atoms with Gasteiger partial charge >= 0.3 is 0 Å². The second-order valence-electron chi connectivity index (χ2n) is 3.99. The Kier molecular flexibility index (Phi) is 4.47. The van der Waals surface area contributed by atoms with Crippen LogP contribution in [0.15, 0.2) is 54.6 Å². The zero-order valence-corrected chi connectivity index (χ0v) is 11.5. The Hall–Kier alpha value is -1.94. The van der Waals surface area contributed by atoms with Gasteiger partial charge in [-0.2, -0.15) is 0 Å². The van der Waals surface area contributed by atoms with Crippen LogP contribution in [0.4, 0.5) is 15.8 Å². The maximum atomic E-state index is 13.8. The highest BCUT2D eigenvalue weighted by atomic mass is 32.1. The summed E-state index contributed by atoms with van der Waals surface area (Å²) in [5, 5.41) is 3.59. The highest BCUT2D eigenvalue weighted by Gasteiger charge is 2.13. The van der Waals surface area contributed by atoms with Crippen LogP contribution in [-0.2, 0) is 0 Å². The van der Waals surface area contributed by atoms with Crippen LogP contribution in [0.5, 0.6) is 0 Å². The lowest BCUT2D eigenvalue weighted by Crippen LogP contribution is -2.35. The van der Waals surface area contributed by atoms with Crippen LogP contribution >= 0.6 is 12.2 Å². The molecule has 0 saturated carbocycles. The van der Waals surface area contributed by atoms with E-state index in [2.05, 4.69) is 5.32 Å². The minimum Gasteiger partial charge on any atom is -0.332 e. The third-order valence-electron chi connectivity index (χ3n) is 2.73. The van der Waals surface area contributed by atoms with Gasteiger partial charge in [-0.05, 0) is 43.4 Å². The van der Waals surface area contributed by atoms with Gasteiger partial charge in [0.15, 0.2) is 5.11 Å². The van der Waals surface area contributed by atoms with Gasteiger partial charge in [0, 0.05) is 12.2 Å². The summed E-state index contributed by atoms with van der Waals surface area (Å²) in [5.41, 5.74) is 1.38. The van der Waals surface area contributed by atoms with Crippen molar-refractivity contribution in [3.8, 4) is 0 Å². The van der Waals surface area contributed by atoms with E-state index in [1.807, 2.05) is 37.3 Å². The summed E-state index contributed by atoms with van der Waals surface area (Å²) in [4.78, 5) is 1.73. The molecule has 0 aromatic heterocycles. The van der Waals surface area contributed by atoms with E-state index in [9.17, 15) is 4.39 Å². The minimum absolute atomic E-state index is 0.276. The molecule has 4 heteroatoms. The number of para-hydroxylation sites is 2. The summed E-state index contributed by atoms with van der Waals surface area (Å²) in [6.45, 7) is 2.53. The number of hydrogen-bond acceptors (Lipinski definition) is 1. The van der Waals surface area contributed by atoms with E-state index in [4.69, 9.17) is 12.2 Å². The van der Waals surface area contributed by atoms with Crippen molar-refractivity contribution < 1.29 is 4.39 Å². The molecule has 0 spiro atoms. The number of nitrogens with one attached hydrogen (secondary N) is 1. The Labute approximate surface area is 117 Å². The molecule has 1 N–H and O–H groups in total. The second kappa shape index (κ2) is 6.29. The van der Waals surface area contributed by atoms with Crippen LogP contribution in [0, 0.1) is 5.82 Å². The van der Waals surface area contributed by atoms with Gasteiger partial charge < -0.3 is 10.2 Å². The molecule has 0 fully saturated rings. The van der Waals surface area contributed by atoms with Crippen LogP contribution in [0.1, 0.15) is 6.92 Å². The Bertz CT molecular complexity index is 557. The average molecular weight is 274 g/mol. The van der Waals surface area contributed by atoms with Crippen LogP contribution in [0.3, 0.4) is 0 Å². The van der Waals surface area contributed by atoms with E-state index in [0.717, 1.165) is 5.69 Å². The predicted octanol–water partition coefficient (Wildman–Crippen LogP) is 4.05. The van der Waals surface area contributed by atoms with Gasteiger partial charge in [-0.15, -0.1) is 0 Å². The first-order valence-electron chi connectivity index (χ1n) is 6.10. The number of nitrogens with zero attached hydrogens (tertiary/aromatic N) is 1. The molecular weight excluding hydrogens is 259 g/mol. The molecule has 2 aromatic carbocycles. The standard InChI is InChI=1S/C15H15FN2S/c1-2-18(14-11-7-6-10-13(14)16)15(19)17-12-8-4-3-5-9-12/h3-11H,2H2,1H3,(H,17,19). The van der Waals surface area contributed by atoms with Gasteiger partial charge in [0.25, 0.3) is 0 Å². The molecule has 0 atom stereocenters. The molecule has 2 rings (SSSR count). The van der Waals surface area contributed by atoms with Gasteiger partial charge in [0.05, 0.1) is 5.69 Å². The average Bonchev–Trinajstić information content (AvgIpc) is 2.43. The molecule has 0 bridgehead atoms. The van der Waals surface area contributed by atoms with E-state index in [-0.39, 0.29) is 5.82 Å². The lowest BCUT2D eigenvalue weighted by molar-refractivity contribution is 0.627. The topological polar surface area (TPSA) is 15.3 Å². The highest BCUT2D eigenvalue weighted by molar-refractivity contribution is 7.80. The summed E-state index contributed by atoms with van der Waals surface area (Å²) in [6, 6.07) is 16.2. The van der Waals surface area contributed by atoms with E-state index in [1.165, 1.54) is 6.07 Å². The molecule has 2 nitrogen and oxygen atoms in total. The van der Waals surface area contributed by atoms with E-state index >= 15 is 0 Å². The molecule has 0 amide bonds. The molecule has 0 radical (unpaired) electrons. The van der Waals surface area contributed by atoms with Crippen molar-refractivity contribution in [2.75, 3.05) is 16.8 Å². The van der Waals surface area contributed by atoms with Crippen molar-refractivity contribution in [1.82, 2.24) is 0 Å². The fourth-order valence-corrected chi connectivity index (χ4v) is 2.15. The number of benzene rings is 2. The lowest BCUT2D eigenvalue weighted by Gasteiger charge is -2.24. The van der Waals surface area contributed by atoms with E-state index in [1.54, 1.807) is 23.1 Å². The predicted molar refractivity (Wildman–Crippen MR) is 82.1 cm³/mol. The van der Waals surface area contributed by atoms with Crippen molar-refractivity contribution in [3.63, 3.8) is 0 Å². The Morgan fingerprint density at radius 3 is 2.37 bits per heavy atom. The van der Waals surface area contributed by atoms with Gasteiger partial charge in [0.2, 0.25) is 0 Å². The van der Waals surface area contributed by atoms with Crippen LogP contribution in [0.25, 0.3) is 0 Å².